The lowest BCUT2D eigenvalue weighted by atomic mass is 9.95. The van der Waals surface area contributed by atoms with Crippen molar-refractivity contribution in [3.05, 3.63) is 53.1 Å². The van der Waals surface area contributed by atoms with Crippen molar-refractivity contribution < 1.29 is 13.9 Å². The number of aryl methyl sites for hydroxylation is 2. The fraction of sp³-hybridized carbons (Fsp3) is 0.200. The van der Waals surface area contributed by atoms with Gasteiger partial charge in [0.1, 0.15) is 5.75 Å². The van der Waals surface area contributed by atoms with E-state index in [1.807, 2.05) is 13.8 Å². The van der Waals surface area contributed by atoms with Gasteiger partial charge in [0, 0.05) is 5.56 Å². The number of benzene rings is 2. The molecule has 0 unspecified atom stereocenters. The first-order chi connectivity index (χ1) is 8.49. The third-order valence-corrected chi connectivity index (χ3v) is 2.97. The van der Waals surface area contributed by atoms with Gasteiger partial charge in [-0.25, -0.2) is 8.78 Å². The number of hydrogen-bond acceptors (Lipinski definition) is 1. The fourth-order valence-corrected chi connectivity index (χ4v) is 2.19. The van der Waals surface area contributed by atoms with Crippen LogP contribution in [0.3, 0.4) is 0 Å². The van der Waals surface area contributed by atoms with E-state index in [9.17, 15) is 13.9 Å². The number of hydrogen-bond donors (Lipinski definition) is 1. The van der Waals surface area contributed by atoms with Crippen LogP contribution in [0.15, 0.2) is 36.4 Å². The van der Waals surface area contributed by atoms with Crippen molar-refractivity contribution in [2.45, 2.75) is 20.3 Å². The summed E-state index contributed by atoms with van der Waals surface area (Å²) in [6.07, 6.45) is -2.44. The minimum Gasteiger partial charge on any atom is -0.508 e. The van der Waals surface area contributed by atoms with Gasteiger partial charge in [0.15, 0.2) is 0 Å². The van der Waals surface area contributed by atoms with Gasteiger partial charge in [-0.1, -0.05) is 24.3 Å². The van der Waals surface area contributed by atoms with Gasteiger partial charge < -0.3 is 5.11 Å². The summed E-state index contributed by atoms with van der Waals surface area (Å²) in [6, 6.07) is 9.59. The molecule has 18 heavy (non-hydrogen) atoms. The third kappa shape index (κ3) is 2.35. The zero-order chi connectivity index (χ0) is 13.3. The second-order valence-electron chi connectivity index (χ2n) is 4.38. The van der Waals surface area contributed by atoms with Crippen LogP contribution in [0.5, 0.6) is 5.75 Å². The number of phenolic OH excluding ortho intramolecular Hbond substituents is 1. The molecule has 0 heterocycles. The quantitative estimate of drug-likeness (QED) is 0.822. The van der Waals surface area contributed by atoms with E-state index in [0.29, 0.717) is 0 Å². The first-order valence-corrected chi connectivity index (χ1v) is 5.67. The molecule has 0 atom stereocenters. The topological polar surface area (TPSA) is 20.2 Å². The normalized spacial score (nSPS) is 10.9. The van der Waals surface area contributed by atoms with Crippen molar-refractivity contribution in [1.29, 1.82) is 0 Å². The van der Waals surface area contributed by atoms with Crippen molar-refractivity contribution in [1.82, 2.24) is 0 Å². The molecule has 0 aromatic heterocycles. The SMILES string of the molecule is Cc1cc(O)cc(C)c1-c1ccc(C(F)F)cc1. The number of aromatic hydroxyl groups is 1. The summed E-state index contributed by atoms with van der Waals surface area (Å²) in [7, 11) is 0. The Balaban J connectivity index is 2.49. The minimum absolute atomic E-state index is 0.0211. The molecule has 1 N–H and O–H groups in total. The molecular weight excluding hydrogens is 234 g/mol. The average molecular weight is 248 g/mol. The molecule has 0 bridgehead atoms. The summed E-state index contributed by atoms with van der Waals surface area (Å²) in [6.45, 7) is 3.78. The van der Waals surface area contributed by atoms with Crippen molar-refractivity contribution in [2.24, 2.45) is 0 Å². The van der Waals surface area contributed by atoms with Gasteiger partial charge in [-0.2, -0.15) is 0 Å². The Bertz CT molecular complexity index is 536. The van der Waals surface area contributed by atoms with Crippen LogP contribution >= 0.6 is 0 Å². The molecular formula is C15H14F2O. The lowest BCUT2D eigenvalue weighted by molar-refractivity contribution is 0.151. The molecule has 3 heteroatoms. The van der Waals surface area contributed by atoms with Gasteiger partial charge in [-0.15, -0.1) is 0 Å². The van der Waals surface area contributed by atoms with Crippen LogP contribution in [0.1, 0.15) is 23.1 Å². The smallest absolute Gasteiger partial charge is 0.263 e. The second kappa shape index (κ2) is 4.77. The van der Waals surface area contributed by atoms with E-state index in [-0.39, 0.29) is 11.3 Å². The highest BCUT2D eigenvalue weighted by Crippen LogP contribution is 2.31. The highest BCUT2D eigenvalue weighted by molar-refractivity contribution is 5.72. The number of halogens is 2. The molecule has 0 aliphatic carbocycles. The average Bonchev–Trinajstić information content (AvgIpc) is 2.28. The first kappa shape index (κ1) is 12.6. The van der Waals surface area contributed by atoms with E-state index in [0.717, 1.165) is 22.3 Å². The maximum Gasteiger partial charge on any atom is 0.263 e. The fourth-order valence-electron chi connectivity index (χ4n) is 2.19. The summed E-state index contributed by atoms with van der Waals surface area (Å²) in [5.74, 6) is 0.220. The van der Waals surface area contributed by atoms with E-state index in [2.05, 4.69) is 0 Å². The van der Waals surface area contributed by atoms with E-state index in [1.54, 1.807) is 24.3 Å². The minimum atomic E-state index is -2.44. The monoisotopic (exact) mass is 248 g/mol. The molecule has 0 radical (unpaired) electrons. The largest absolute Gasteiger partial charge is 0.508 e. The Hall–Kier alpha value is -1.90. The predicted octanol–water partition coefficient (Wildman–Crippen LogP) is 4.61. The number of phenols is 1. The zero-order valence-electron chi connectivity index (χ0n) is 10.2. The third-order valence-electron chi connectivity index (χ3n) is 2.97. The summed E-state index contributed by atoms with van der Waals surface area (Å²) in [5.41, 5.74) is 3.74. The molecule has 0 spiro atoms. The highest BCUT2D eigenvalue weighted by atomic mass is 19.3. The van der Waals surface area contributed by atoms with Gasteiger partial charge in [0.25, 0.3) is 6.43 Å². The summed E-state index contributed by atoms with van der Waals surface area (Å²) in [5, 5.41) is 9.48. The van der Waals surface area contributed by atoms with E-state index in [4.69, 9.17) is 0 Å². The molecule has 1 nitrogen and oxygen atoms in total. The van der Waals surface area contributed by atoms with Crippen LogP contribution in [0.2, 0.25) is 0 Å². The molecule has 2 rings (SSSR count). The standard InChI is InChI=1S/C15H14F2O/c1-9-7-13(18)8-10(2)14(9)11-3-5-12(6-4-11)15(16)17/h3-8,15,18H,1-2H3. The molecule has 0 saturated heterocycles. The van der Waals surface area contributed by atoms with E-state index in [1.165, 1.54) is 12.1 Å². The first-order valence-electron chi connectivity index (χ1n) is 5.67. The molecule has 0 saturated carbocycles. The lowest BCUT2D eigenvalue weighted by Gasteiger charge is -2.11. The van der Waals surface area contributed by atoms with Gasteiger partial charge in [-0.05, 0) is 48.2 Å². The Kier molecular flexibility index (Phi) is 3.32. The summed E-state index contributed by atoms with van der Waals surface area (Å²) in [4.78, 5) is 0. The predicted molar refractivity (Wildman–Crippen MR) is 68.0 cm³/mol. The number of alkyl halides is 2. The van der Waals surface area contributed by atoms with Crippen molar-refractivity contribution in [3.8, 4) is 16.9 Å². The van der Waals surface area contributed by atoms with Crippen molar-refractivity contribution in [2.75, 3.05) is 0 Å². The highest BCUT2D eigenvalue weighted by Gasteiger charge is 2.10. The van der Waals surface area contributed by atoms with E-state index >= 15 is 0 Å². The van der Waals surface area contributed by atoms with Crippen LogP contribution in [-0.4, -0.2) is 5.11 Å². The van der Waals surface area contributed by atoms with Crippen LogP contribution in [0, 0.1) is 13.8 Å². The summed E-state index contributed by atoms with van der Waals surface area (Å²) >= 11 is 0. The second-order valence-corrected chi connectivity index (χ2v) is 4.38. The molecule has 0 aliphatic rings. The van der Waals surface area contributed by atoms with Crippen LogP contribution in [-0.2, 0) is 0 Å². The van der Waals surface area contributed by atoms with E-state index < -0.39 is 6.43 Å². The molecule has 2 aromatic carbocycles. The molecule has 0 fully saturated rings. The Morgan fingerprint density at radius 2 is 1.44 bits per heavy atom. The maximum atomic E-state index is 12.5. The van der Waals surface area contributed by atoms with Crippen molar-refractivity contribution >= 4 is 0 Å². The summed E-state index contributed by atoms with van der Waals surface area (Å²) < 4.78 is 25.0. The Morgan fingerprint density at radius 1 is 0.944 bits per heavy atom. The molecule has 94 valence electrons. The van der Waals surface area contributed by atoms with Gasteiger partial charge >= 0.3 is 0 Å². The molecule has 2 aromatic rings. The Labute approximate surface area is 105 Å². The maximum absolute atomic E-state index is 12.5. The lowest BCUT2D eigenvalue weighted by Crippen LogP contribution is -1.89. The molecule has 0 aliphatic heterocycles. The Morgan fingerprint density at radius 3 is 1.89 bits per heavy atom. The van der Waals surface area contributed by atoms with Gasteiger partial charge in [0.05, 0.1) is 0 Å². The van der Waals surface area contributed by atoms with Crippen LogP contribution in [0.4, 0.5) is 8.78 Å². The zero-order valence-corrected chi connectivity index (χ0v) is 10.2. The van der Waals surface area contributed by atoms with Crippen LogP contribution < -0.4 is 0 Å². The van der Waals surface area contributed by atoms with Crippen LogP contribution in [0.25, 0.3) is 11.1 Å². The van der Waals surface area contributed by atoms with Crippen molar-refractivity contribution in [3.63, 3.8) is 0 Å². The van der Waals surface area contributed by atoms with Gasteiger partial charge in [-0.3, -0.25) is 0 Å². The van der Waals surface area contributed by atoms with Gasteiger partial charge in [0.2, 0.25) is 0 Å². The number of rotatable bonds is 2. The molecule has 0 amide bonds.